The van der Waals surface area contributed by atoms with Crippen molar-refractivity contribution in [2.45, 2.75) is 18.6 Å². The zero-order valence-corrected chi connectivity index (χ0v) is 12.6. The van der Waals surface area contributed by atoms with Crippen LogP contribution in [0.25, 0.3) is 0 Å². The van der Waals surface area contributed by atoms with Crippen LogP contribution in [-0.2, 0) is 15.7 Å². The normalized spacial score (nSPS) is 22.3. The molecule has 1 aliphatic rings. The molecule has 1 heterocycles. The maximum atomic E-state index is 11.4. The summed E-state index contributed by atoms with van der Waals surface area (Å²) in [6.45, 7) is 0. The average molecular weight is 323 g/mol. The lowest BCUT2D eigenvalue weighted by Crippen LogP contribution is -2.20. The minimum absolute atomic E-state index is 0.301. The summed E-state index contributed by atoms with van der Waals surface area (Å²) in [5.41, 5.74) is 1.83. The number of nitrogens with zero attached hydrogens (tertiary/aromatic N) is 1. The number of benzene rings is 2. The molecular weight excluding hydrogens is 310 g/mol. The van der Waals surface area contributed by atoms with Crippen LogP contribution in [0.3, 0.4) is 0 Å². The molecule has 1 radical (unpaired) electrons. The van der Waals surface area contributed by atoms with Crippen LogP contribution in [0.1, 0.15) is 29.7 Å². The second kappa shape index (κ2) is 6.07. The standard InChI is InChI=1S/C15H13ClNO3S/c16-13-8-6-12(7-9-13)15-10-14(17(20-15)21(18)19)11-4-2-1-3-5-11/h1-9,14-15H,10H2. The van der Waals surface area contributed by atoms with Crippen molar-refractivity contribution < 1.29 is 13.3 Å². The molecule has 0 N–H and O–H groups in total. The molecule has 0 amide bonds. The van der Waals surface area contributed by atoms with Gasteiger partial charge in [-0.1, -0.05) is 54.1 Å². The summed E-state index contributed by atoms with van der Waals surface area (Å²) < 4.78 is 23.8. The summed E-state index contributed by atoms with van der Waals surface area (Å²) in [6, 6.07) is 16.4. The van der Waals surface area contributed by atoms with Gasteiger partial charge in [0.25, 0.3) is 10.9 Å². The van der Waals surface area contributed by atoms with Gasteiger partial charge >= 0.3 is 0 Å². The molecule has 2 unspecified atom stereocenters. The van der Waals surface area contributed by atoms with Crippen LogP contribution in [0.2, 0.25) is 5.02 Å². The fraction of sp³-hybridized carbons (Fsp3) is 0.200. The Balaban J connectivity index is 1.89. The third-order valence-corrected chi connectivity index (χ3v) is 4.38. The smallest absolute Gasteiger partial charge is 0.272 e. The SMILES string of the molecule is O=[S](=O)N1OC(c2ccc(Cl)cc2)CC1c1ccccc1. The lowest BCUT2D eigenvalue weighted by atomic mass is 9.99. The van der Waals surface area contributed by atoms with Gasteiger partial charge in [0.15, 0.2) is 0 Å². The first kappa shape index (κ1) is 14.4. The van der Waals surface area contributed by atoms with Crippen LogP contribution in [0.5, 0.6) is 0 Å². The van der Waals surface area contributed by atoms with Crippen molar-refractivity contribution in [3.63, 3.8) is 0 Å². The van der Waals surface area contributed by atoms with Crippen LogP contribution in [0.15, 0.2) is 54.6 Å². The fourth-order valence-corrected chi connectivity index (χ4v) is 3.19. The minimum Gasteiger partial charge on any atom is -0.272 e. The minimum atomic E-state index is -2.44. The van der Waals surface area contributed by atoms with E-state index in [1.54, 1.807) is 12.1 Å². The highest BCUT2D eigenvalue weighted by Gasteiger charge is 2.38. The van der Waals surface area contributed by atoms with Crippen LogP contribution in [-0.4, -0.2) is 12.9 Å². The Kier molecular flexibility index (Phi) is 4.17. The first-order chi connectivity index (χ1) is 10.1. The van der Waals surface area contributed by atoms with Gasteiger partial charge in [0, 0.05) is 11.4 Å². The maximum absolute atomic E-state index is 11.4. The molecule has 2 atom stereocenters. The van der Waals surface area contributed by atoms with Gasteiger partial charge in [0.05, 0.1) is 6.04 Å². The van der Waals surface area contributed by atoms with E-state index in [1.807, 2.05) is 42.5 Å². The molecule has 0 bridgehead atoms. The van der Waals surface area contributed by atoms with Crippen molar-refractivity contribution in [2.24, 2.45) is 0 Å². The molecule has 1 saturated heterocycles. The molecule has 0 saturated carbocycles. The second-order valence-corrected chi connectivity index (χ2v) is 6.04. The Morgan fingerprint density at radius 3 is 2.29 bits per heavy atom. The van der Waals surface area contributed by atoms with Crippen molar-refractivity contribution in [1.29, 1.82) is 0 Å². The Hall–Kier alpha value is -1.53. The predicted octanol–water partition coefficient (Wildman–Crippen LogP) is 3.55. The fourth-order valence-electron chi connectivity index (χ4n) is 2.48. The van der Waals surface area contributed by atoms with E-state index >= 15 is 0 Å². The molecule has 4 nitrogen and oxygen atoms in total. The lowest BCUT2D eigenvalue weighted by Gasteiger charge is -2.14. The Morgan fingerprint density at radius 2 is 1.67 bits per heavy atom. The van der Waals surface area contributed by atoms with Crippen LogP contribution in [0.4, 0.5) is 0 Å². The van der Waals surface area contributed by atoms with Gasteiger partial charge in [-0.15, -0.1) is 0 Å². The Bertz CT molecular complexity index is 680. The summed E-state index contributed by atoms with van der Waals surface area (Å²) in [4.78, 5) is 5.59. The van der Waals surface area contributed by atoms with Crippen LogP contribution in [0, 0.1) is 0 Å². The summed E-state index contributed by atoms with van der Waals surface area (Å²) >= 11 is 5.87. The number of hydroxylamine groups is 1. The second-order valence-electron chi connectivity index (χ2n) is 4.81. The molecule has 2 aromatic carbocycles. The van der Waals surface area contributed by atoms with Gasteiger partial charge < -0.3 is 0 Å². The van der Waals surface area contributed by atoms with E-state index < -0.39 is 10.9 Å². The predicted molar refractivity (Wildman–Crippen MR) is 79.8 cm³/mol. The highest BCUT2D eigenvalue weighted by molar-refractivity contribution is 7.69. The highest BCUT2D eigenvalue weighted by Crippen LogP contribution is 2.41. The zero-order chi connectivity index (χ0) is 14.8. The first-order valence-electron chi connectivity index (χ1n) is 6.51. The van der Waals surface area contributed by atoms with Gasteiger partial charge in [0.1, 0.15) is 6.10 Å². The van der Waals surface area contributed by atoms with Crippen molar-refractivity contribution in [3.8, 4) is 0 Å². The van der Waals surface area contributed by atoms with Gasteiger partial charge in [-0.2, -0.15) is 8.42 Å². The van der Waals surface area contributed by atoms with Crippen molar-refractivity contribution >= 4 is 22.5 Å². The molecule has 2 aromatic rings. The summed E-state index contributed by atoms with van der Waals surface area (Å²) in [5.74, 6) is 0. The van der Waals surface area contributed by atoms with E-state index in [9.17, 15) is 8.42 Å². The third-order valence-electron chi connectivity index (χ3n) is 3.50. The van der Waals surface area contributed by atoms with E-state index in [4.69, 9.17) is 16.4 Å². The number of rotatable bonds is 3. The maximum Gasteiger partial charge on any atom is 0.294 e. The van der Waals surface area contributed by atoms with Crippen molar-refractivity contribution in [3.05, 3.63) is 70.7 Å². The lowest BCUT2D eigenvalue weighted by molar-refractivity contribution is -0.0889. The number of halogens is 1. The molecule has 0 aliphatic carbocycles. The van der Waals surface area contributed by atoms with Crippen LogP contribution >= 0.6 is 11.6 Å². The monoisotopic (exact) mass is 322 g/mol. The van der Waals surface area contributed by atoms with E-state index in [2.05, 4.69) is 0 Å². The average Bonchev–Trinajstić information content (AvgIpc) is 2.94. The summed E-state index contributed by atoms with van der Waals surface area (Å²) in [5, 5.41) is 0.639. The molecule has 21 heavy (non-hydrogen) atoms. The van der Waals surface area contributed by atoms with Gasteiger partial charge in [-0.3, -0.25) is 4.84 Å². The molecule has 1 aliphatic heterocycles. The first-order valence-corrected chi connectivity index (χ1v) is 7.92. The van der Waals surface area contributed by atoms with E-state index in [1.165, 1.54) is 0 Å². The summed E-state index contributed by atoms with van der Waals surface area (Å²) in [6.07, 6.45) is 0.268. The van der Waals surface area contributed by atoms with Crippen molar-refractivity contribution in [1.82, 2.24) is 4.47 Å². The molecule has 1 fully saturated rings. The zero-order valence-electron chi connectivity index (χ0n) is 11.0. The number of hydrogen-bond acceptors (Lipinski definition) is 3. The highest BCUT2D eigenvalue weighted by atomic mass is 35.5. The molecule has 0 aromatic heterocycles. The third kappa shape index (κ3) is 3.06. The number of hydrogen-bond donors (Lipinski definition) is 0. The van der Waals surface area contributed by atoms with E-state index in [-0.39, 0.29) is 12.1 Å². The summed E-state index contributed by atoms with van der Waals surface area (Å²) in [7, 11) is -2.44. The Morgan fingerprint density at radius 1 is 1.00 bits per heavy atom. The van der Waals surface area contributed by atoms with Crippen LogP contribution < -0.4 is 0 Å². The molecular formula is C15H13ClNO3S. The molecule has 3 rings (SSSR count). The molecule has 109 valence electrons. The van der Waals surface area contributed by atoms with E-state index in [0.717, 1.165) is 15.6 Å². The molecule has 6 heteroatoms. The largest absolute Gasteiger partial charge is 0.294 e. The van der Waals surface area contributed by atoms with Gasteiger partial charge in [-0.25, -0.2) is 0 Å². The molecule has 0 spiro atoms. The van der Waals surface area contributed by atoms with E-state index in [0.29, 0.717) is 11.4 Å². The topological polar surface area (TPSA) is 46.6 Å². The Labute approximate surface area is 130 Å². The quantitative estimate of drug-likeness (QED) is 0.868. The van der Waals surface area contributed by atoms with Gasteiger partial charge in [-0.05, 0) is 27.7 Å². The van der Waals surface area contributed by atoms with Crippen molar-refractivity contribution in [2.75, 3.05) is 0 Å². The van der Waals surface area contributed by atoms with Gasteiger partial charge in [0.2, 0.25) is 0 Å².